The molecule has 1 N–H and O–H groups in total. The average molecular weight is 541 g/mol. The van der Waals surface area contributed by atoms with Gasteiger partial charge in [-0.2, -0.15) is 0 Å². The maximum absolute atomic E-state index is 13.0. The predicted molar refractivity (Wildman–Crippen MR) is 142 cm³/mol. The number of carbonyl (C=O) groups is 3. The Morgan fingerprint density at radius 1 is 1.00 bits per heavy atom. The molecule has 0 bridgehead atoms. The molecule has 2 amide bonds. The molecular formula is C27H25ClN2O6S. The highest BCUT2D eigenvalue weighted by molar-refractivity contribution is 8.00. The Kier molecular flexibility index (Phi) is 8.25. The van der Waals surface area contributed by atoms with Crippen molar-refractivity contribution < 1.29 is 28.6 Å². The normalized spacial score (nSPS) is 14.9. The number of nitrogens with one attached hydrogen (secondary N) is 1. The first-order valence-electron chi connectivity index (χ1n) is 11.3. The third-order valence-electron chi connectivity index (χ3n) is 5.87. The summed E-state index contributed by atoms with van der Waals surface area (Å²) in [4.78, 5) is 39.7. The number of benzene rings is 3. The van der Waals surface area contributed by atoms with Crippen LogP contribution in [0, 0.1) is 0 Å². The lowest BCUT2D eigenvalue weighted by molar-refractivity contribution is -0.128. The molecule has 0 spiro atoms. The van der Waals surface area contributed by atoms with Crippen LogP contribution < -0.4 is 14.8 Å². The second-order valence-electron chi connectivity index (χ2n) is 8.13. The number of rotatable bonds is 8. The smallest absolute Gasteiger partial charge is 0.340 e. The maximum Gasteiger partial charge on any atom is 0.340 e. The third-order valence-corrected chi connectivity index (χ3v) is 7.38. The average Bonchev–Trinajstić information content (AvgIpc) is 3.28. The van der Waals surface area contributed by atoms with Crippen molar-refractivity contribution in [3.8, 4) is 11.5 Å². The molecule has 10 heteroatoms. The van der Waals surface area contributed by atoms with Crippen LogP contribution in [0.3, 0.4) is 0 Å². The van der Waals surface area contributed by atoms with Gasteiger partial charge in [0, 0.05) is 29.3 Å². The summed E-state index contributed by atoms with van der Waals surface area (Å²) in [5, 5.41) is 3.23. The van der Waals surface area contributed by atoms with Crippen molar-refractivity contribution in [2.45, 2.75) is 11.9 Å². The Balaban J connectivity index is 1.53. The summed E-state index contributed by atoms with van der Waals surface area (Å²) in [5.41, 5.74) is 2.63. The number of amides is 2. The van der Waals surface area contributed by atoms with Gasteiger partial charge in [0.05, 0.1) is 38.3 Å². The van der Waals surface area contributed by atoms with Crippen LogP contribution in [-0.2, 0) is 16.1 Å². The van der Waals surface area contributed by atoms with E-state index in [2.05, 4.69) is 5.32 Å². The molecule has 192 valence electrons. The lowest BCUT2D eigenvalue weighted by atomic mass is 10.1. The number of methoxy groups -OCH3 is 3. The summed E-state index contributed by atoms with van der Waals surface area (Å²) >= 11 is 7.52. The van der Waals surface area contributed by atoms with Crippen LogP contribution in [0.2, 0.25) is 5.02 Å². The maximum atomic E-state index is 13.0. The van der Waals surface area contributed by atoms with Gasteiger partial charge >= 0.3 is 5.97 Å². The molecule has 0 aromatic heterocycles. The van der Waals surface area contributed by atoms with Crippen LogP contribution in [0.15, 0.2) is 60.7 Å². The number of carbonyl (C=O) groups excluding carboxylic acids is 3. The molecule has 8 nitrogen and oxygen atoms in total. The molecule has 1 heterocycles. The Labute approximate surface area is 223 Å². The van der Waals surface area contributed by atoms with E-state index < -0.39 is 11.9 Å². The Morgan fingerprint density at radius 3 is 2.27 bits per heavy atom. The largest absolute Gasteiger partial charge is 0.493 e. The molecule has 0 aliphatic carbocycles. The predicted octanol–water partition coefficient (Wildman–Crippen LogP) is 5.17. The summed E-state index contributed by atoms with van der Waals surface area (Å²) in [6, 6.07) is 17.4. The summed E-state index contributed by atoms with van der Waals surface area (Å²) < 4.78 is 15.4. The van der Waals surface area contributed by atoms with Crippen LogP contribution in [-0.4, -0.2) is 49.8 Å². The standard InChI is InChI=1S/C27H25ClN2O6S/c1-34-22-12-20(27(33)36-3)21(13-23(22)35-2)29-25(32)17-6-8-18(9-7-17)26-30(24(31)15-37-26)14-16-4-10-19(28)11-5-16/h4-13,26H,14-15H2,1-3H3,(H,29,32)/t26-/m0/s1. The van der Waals surface area contributed by atoms with Crippen molar-refractivity contribution in [1.82, 2.24) is 4.90 Å². The highest BCUT2D eigenvalue weighted by Gasteiger charge is 2.33. The first-order valence-corrected chi connectivity index (χ1v) is 12.7. The van der Waals surface area contributed by atoms with E-state index >= 15 is 0 Å². The van der Waals surface area contributed by atoms with Gasteiger partial charge in [-0.1, -0.05) is 35.9 Å². The van der Waals surface area contributed by atoms with Crippen LogP contribution in [0.5, 0.6) is 11.5 Å². The summed E-state index contributed by atoms with van der Waals surface area (Å²) in [7, 11) is 4.17. The fraction of sp³-hybridized carbons (Fsp3) is 0.222. The minimum Gasteiger partial charge on any atom is -0.493 e. The van der Waals surface area contributed by atoms with Crippen LogP contribution >= 0.6 is 23.4 Å². The van der Waals surface area contributed by atoms with Gasteiger partial charge in [0.2, 0.25) is 5.91 Å². The lowest BCUT2D eigenvalue weighted by Gasteiger charge is -2.24. The number of esters is 1. The Bertz CT molecular complexity index is 1310. The molecule has 1 aliphatic heterocycles. The van der Waals surface area contributed by atoms with Gasteiger partial charge in [-0.05, 0) is 35.4 Å². The SMILES string of the molecule is COC(=O)c1cc(OC)c(OC)cc1NC(=O)c1ccc([C@@H]2SCC(=O)N2Cc2ccc(Cl)cc2)cc1. The van der Waals surface area contributed by atoms with Crippen LogP contribution in [0.4, 0.5) is 5.69 Å². The van der Waals surface area contributed by atoms with Gasteiger partial charge in [-0.25, -0.2) is 4.79 Å². The summed E-state index contributed by atoms with van der Waals surface area (Å²) in [6.07, 6.45) is 0. The van der Waals surface area contributed by atoms with Crippen molar-refractivity contribution in [3.05, 3.63) is 87.9 Å². The zero-order valence-electron chi connectivity index (χ0n) is 20.4. The summed E-state index contributed by atoms with van der Waals surface area (Å²) in [5.74, 6) is 0.0697. The molecule has 1 atom stereocenters. The van der Waals surface area contributed by atoms with E-state index in [9.17, 15) is 14.4 Å². The topological polar surface area (TPSA) is 94.2 Å². The quantitative estimate of drug-likeness (QED) is 0.394. The van der Waals surface area contributed by atoms with Crippen molar-refractivity contribution >= 4 is 46.8 Å². The van der Waals surface area contributed by atoms with Gasteiger partial charge in [0.15, 0.2) is 11.5 Å². The molecule has 3 aromatic carbocycles. The van der Waals surface area contributed by atoms with E-state index in [1.54, 1.807) is 24.3 Å². The molecule has 1 fully saturated rings. The minimum atomic E-state index is -0.629. The molecule has 4 rings (SSSR count). The molecule has 3 aromatic rings. The second-order valence-corrected chi connectivity index (χ2v) is 9.64. The van der Waals surface area contributed by atoms with Gasteiger partial charge in [-0.3, -0.25) is 9.59 Å². The van der Waals surface area contributed by atoms with Crippen molar-refractivity contribution in [2.24, 2.45) is 0 Å². The number of anilines is 1. The second kappa shape index (κ2) is 11.6. The molecule has 0 saturated carbocycles. The first kappa shape index (κ1) is 26.4. The molecule has 37 heavy (non-hydrogen) atoms. The van der Waals surface area contributed by atoms with Gasteiger partial charge in [-0.15, -0.1) is 11.8 Å². The number of nitrogens with zero attached hydrogens (tertiary/aromatic N) is 1. The van der Waals surface area contributed by atoms with Crippen LogP contribution in [0.25, 0.3) is 0 Å². The van der Waals surface area contributed by atoms with E-state index in [0.29, 0.717) is 34.4 Å². The lowest BCUT2D eigenvalue weighted by Crippen LogP contribution is -2.27. The van der Waals surface area contributed by atoms with Crippen molar-refractivity contribution in [1.29, 1.82) is 0 Å². The van der Waals surface area contributed by atoms with Crippen molar-refractivity contribution in [3.63, 3.8) is 0 Å². The number of halogens is 1. The zero-order valence-corrected chi connectivity index (χ0v) is 22.0. The number of thioether (sulfide) groups is 1. The molecule has 0 unspecified atom stereocenters. The van der Waals surface area contributed by atoms with E-state index in [0.717, 1.165) is 11.1 Å². The highest BCUT2D eigenvalue weighted by Crippen LogP contribution is 2.40. The Hall–Kier alpha value is -3.69. The molecular weight excluding hydrogens is 516 g/mol. The minimum absolute atomic E-state index is 0.0514. The fourth-order valence-electron chi connectivity index (χ4n) is 3.94. The van der Waals surface area contributed by atoms with Gasteiger partial charge < -0.3 is 24.4 Å². The van der Waals surface area contributed by atoms with Crippen LogP contribution in [0.1, 0.15) is 37.2 Å². The van der Waals surface area contributed by atoms with Crippen molar-refractivity contribution in [2.75, 3.05) is 32.4 Å². The van der Waals surface area contributed by atoms with E-state index in [-0.39, 0.29) is 22.5 Å². The zero-order chi connectivity index (χ0) is 26.5. The number of ether oxygens (including phenoxy) is 3. The summed E-state index contributed by atoms with van der Waals surface area (Å²) in [6.45, 7) is 0.464. The monoisotopic (exact) mass is 540 g/mol. The molecule has 1 saturated heterocycles. The molecule has 1 aliphatic rings. The van der Waals surface area contributed by atoms with E-state index in [4.69, 9.17) is 25.8 Å². The van der Waals surface area contributed by atoms with E-state index in [1.807, 2.05) is 29.2 Å². The highest BCUT2D eigenvalue weighted by atomic mass is 35.5. The fourth-order valence-corrected chi connectivity index (χ4v) is 5.26. The molecule has 0 radical (unpaired) electrons. The first-order chi connectivity index (χ1) is 17.8. The number of hydrogen-bond acceptors (Lipinski definition) is 7. The van der Waals surface area contributed by atoms with Gasteiger partial charge in [0.1, 0.15) is 5.37 Å². The van der Waals surface area contributed by atoms with Gasteiger partial charge in [0.25, 0.3) is 5.91 Å². The Morgan fingerprint density at radius 2 is 1.65 bits per heavy atom. The number of hydrogen-bond donors (Lipinski definition) is 1. The third kappa shape index (κ3) is 5.84. The van der Waals surface area contributed by atoms with E-state index in [1.165, 1.54) is 45.2 Å².